The van der Waals surface area contributed by atoms with Crippen molar-refractivity contribution in [3.8, 4) is 5.75 Å². The molecule has 0 fully saturated rings. The lowest BCUT2D eigenvalue weighted by Crippen LogP contribution is -2.09. The highest BCUT2D eigenvalue weighted by Crippen LogP contribution is 2.23. The van der Waals surface area contributed by atoms with Crippen LogP contribution in [-0.2, 0) is 0 Å². The molecule has 0 heterocycles. The molecule has 0 aliphatic carbocycles. The van der Waals surface area contributed by atoms with Crippen molar-refractivity contribution in [3.63, 3.8) is 0 Å². The summed E-state index contributed by atoms with van der Waals surface area (Å²) in [5.74, 6) is 0.891. The molecule has 76 valence electrons. The van der Waals surface area contributed by atoms with Crippen LogP contribution in [0.15, 0.2) is 30.9 Å². The van der Waals surface area contributed by atoms with Crippen molar-refractivity contribution in [2.24, 2.45) is 5.73 Å². The zero-order chi connectivity index (χ0) is 10.6. The lowest BCUT2D eigenvalue weighted by atomic mass is 10.0. The summed E-state index contributed by atoms with van der Waals surface area (Å²) in [5.41, 5.74) is 8.17. The van der Waals surface area contributed by atoms with Crippen LogP contribution in [0, 0.1) is 6.92 Å². The van der Waals surface area contributed by atoms with Gasteiger partial charge in [-0.1, -0.05) is 18.2 Å². The second-order valence-electron chi connectivity index (χ2n) is 3.36. The molecule has 0 amide bonds. The first-order valence-electron chi connectivity index (χ1n) is 4.70. The Morgan fingerprint density at radius 3 is 2.86 bits per heavy atom. The maximum atomic E-state index is 5.95. The summed E-state index contributed by atoms with van der Waals surface area (Å²) in [4.78, 5) is 0. The van der Waals surface area contributed by atoms with E-state index in [-0.39, 0.29) is 6.04 Å². The van der Waals surface area contributed by atoms with E-state index >= 15 is 0 Å². The molecular weight excluding hydrogens is 174 g/mol. The molecule has 0 spiro atoms. The molecule has 1 rings (SSSR count). The number of nitrogens with two attached hydrogens (primary N) is 1. The van der Waals surface area contributed by atoms with Crippen LogP contribution >= 0.6 is 0 Å². The smallest absolute Gasteiger partial charge is 0.122 e. The lowest BCUT2D eigenvalue weighted by Gasteiger charge is -2.12. The van der Waals surface area contributed by atoms with Gasteiger partial charge < -0.3 is 10.5 Å². The van der Waals surface area contributed by atoms with E-state index in [9.17, 15) is 0 Å². The van der Waals surface area contributed by atoms with Crippen molar-refractivity contribution in [1.82, 2.24) is 0 Å². The third-order valence-electron chi connectivity index (χ3n) is 2.28. The topological polar surface area (TPSA) is 35.2 Å². The molecule has 0 unspecified atom stereocenters. The van der Waals surface area contributed by atoms with Gasteiger partial charge in [0.15, 0.2) is 0 Å². The number of methoxy groups -OCH3 is 1. The number of hydrogen-bond donors (Lipinski definition) is 1. The van der Waals surface area contributed by atoms with Gasteiger partial charge in [-0.15, -0.1) is 6.58 Å². The van der Waals surface area contributed by atoms with Crippen molar-refractivity contribution in [2.75, 3.05) is 7.11 Å². The van der Waals surface area contributed by atoms with E-state index in [1.54, 1.807) is 7.11 Å². The van der Waals surface area contributed by atoms with E-state index in [1.807, 2.05) is 31.2 Å². The molecule has 1 aromatic carbocycles. The van der Waals surface area contributed by atoms with Gasteiger partial charge in [0.2, 0.25) is 0 Å². The van der Waals surface area contributed by atoms with Crippen LogP contribution in [0.4, 0.5) is 0 Å². The monoisotopic (exact) mass is 191 g/mol. The summed E-state index contributed by atoms with van der Waals surface area (Å²) >= 11 is 0. The zero-order valence-electron chi connectivity index (χ0n) is 8.79. The van der Waals surface area contributed by atoms with Crippen molar-refractivity contribution in [2.45, 2.75) is 19.4 Å². The first-order valence-corrected chi connectivity index (χ1v) is 4.70. The molecular formula is C12H17NO. The standard InChI is InChI=1S/C12H17NO/c1-4-5-11(13)10-7-6-9(2)12(8-10)14-3/h4,6-8,11H,1,5,13H2,2-3H3/t11-/m0/s1. The Labute approximate surface area is 85.4 Å². The molecule has 0 radical (unpaired) electrons. The second-order valence-corrected chi connectivity index (χ2v) is 3.36. The fourth-order valence-corrected chi connectivity index (χ4v) is 1.38. The van der Waals surface area contributed by atoms with E-state index in [4.69, 9.17) is 10.5 Å². The Kier molecular flexibility index (Phi) is 3.72. The average Bonchev–Trinajstić information content (AvgIpc) is 2.19. The van der Waals surface area contributed by atoms with Gasteiger partial charge >= 0.3 is 0 Å². The van der Waals surface area contributed by atoms with Crippen LogP contribution in [0.1, 0.15) is 23.6 Å². The molecule has 0 saturated carbocycles. The van der Waals surface area contributed by atoms with Crippen molar-refractivity contribution in [3.05, 3.63) is 42.0 Å². The van der Waals surface area contributed by atoms with Gasteiger partial charge in [0.05, 0.1) is 7.11 Å². The van der Waals surface area contributed by atoms with Crippen LogP contribution in [-0.4, -0.2) is 7.11 Å². The Bertz CT molecular complexity index is 320. The van der Waals surface area contributed by atoms with Gasteiger partial charge in [0.1, 0.15) is 5.75 Å². The summed E-state index contributed by atoms with van der Waals surface area (Å²) in [5, 5.41) is 0. The molecule has 0 aliphatic rings. The van der Waals surface area contributed by atoms with Gasteiger partial charge in [-0.2, -0.15) is 0 Å². The van der Waals surface area contributed by atoms with Crippen LogP contribution in [0.25, 0.3) is 0 Å². The predicted octanol–water partition coefficient (Wildman–Crippen LogP) is 2.58. The summed E-state index contributed by atoms with van der Waals surface area (Å²) < 4.78 is 5.23. The summed E-state index contributed by atoms with van der Waals surface area (Å²) in [6.07, 6.45) is 2.61. The van der Waals surface area contributed by atoms with E-state index < -0.39 is 0 Å². The van der Waals surface area contributed by atoms with Gasteiger partial charge in [0, 0.05) is 6.04 Å². The maximum Gasteiger partial charge on any atom is 0.122 e. The molecule has 14 heavy (non-hydrogen) atoms. The maximum absolute atomic E-state index is 5.95. The van der Waals surface area contributed by atoms with E-state index in [2.05, 4.69) is 6.58 Å². The van der Waals surface area contributed by atoms with Crippen molar-refractivity contribution in [1.29, 1.82) is 0 Å². The highest BCUT2D eigenvalue weighted by molar-refractivity contribution is 5.37. The third-order valence-corrected chi connectivity index (χ3v) is 2.28. The third kappa shape index (κ3) is 2.36. The van der Waals surface area contributed by atoms with Gasteiger partial charge in [0.25, 0.3) is 0 Å². The van der Waals surface area contributed by atoms with Crippen LogP contribution in [0.3, 0.4) is 0 Å². The number of hydrogen-bond acceptors (Lipinski definition) is 2. The molecule has 1 aromatic rings. The SMILES string of the molecule is C=CC[C@H](N)c1ccc(C)c(OC)c1. The zero-order valence-corrected chi connectivity index (χ0v) is 8.79. The van der Waals surface area contributed by atoms with Crippen LogP contribution in [0.2, 0.25) is 0 Å². The Morgan fingerprint density at radius 2 is 2.29 bits per heavy atom. The molecule has 2 heteroatoms. The van der Waals surface area contributed by atoms with Crippen molar-refractivity contribution < 1.29 is 4.74 Å². The number of benzene rings is 1. The fraction of sp³-hybridized carbons (Fsp3) is 0.333. The van der Waals surface area contributed by atoms with E-state index in [1.165, 1.54) is 0 Å². The van der Waals surface area contributed by atoms with Gasteiger partial charge in [-0.25, -0.2) is 0 Å². The number of aryl methyl sites for hydroxylation is 1. The highest BCUT2D eigenvalue weighted by Gasteiger charge is 2.06. The molecule has 2 N–H and O–H groups in total. The average molecular weight is 191 g/mol. The summed E-state index contributed by atoms with van der Waals surface area (Å²) in [6, 6.07) is 6.06. The number of ether oxygens (including phenoxy) is 1. The minimum Gasteiger partial charge on any atom is -0.496 e. The first-order chi connectivity index (χ1) is 6.69. The molecule has 0 aromatic heterocycles. The first kappa shape index (κ1) is 10.8. The van der Waals surface area contributed by atoms with Crippen LogP contribution < -0.4 is 10.5 Å². The van der Waals surface area contributed by atoms with Crippen LogP contribution in [0.5, 0.6) is 5.75 Å². The van der Waals surface area contributed by atoms with Gasteiger partial charge in [-0.3, -0.25) is 0 Å². The summed E-state index contributed by atoms with van der Waals surface area (Å²) in [7, 11) is 1.67. The number of rotatable bonds is 4. The molecule has 0 aliphatic heterocycles. The largest absolute Gasteiger partial charge is 0.496 e. The Hall–Kier alpha value is -1.28. The van der Waals surface area contributed by atoms with Gasteiger partial charge in [-0.05, 0) is 30.5 Å². The fourth-order valence-electron chi connectivity index (χ4n) is 1.38. The Morgan fingerprint density at radius 1 is 1.57 bits per heavy atom. The molecule has 1 atom stereocenters. The quantitative estimate of drug-likeness (QED) is 0.742. The predicted molar refractivity (Wildman–Crippen MR) is 59.5 cm³/mol. The van der Waals surface area contributed by atoms with Crippen molar-refractivity contribution >= 4 is 0 Å². The normalized spacial score (nSPS) is 12.2. The minimum absolute atomic E-state index is 0.0157. The van der Waals surface area contributed by atoms with E-state index in [0.29, 0.717) is 0 Å². The highest BCUT2D eigenvalue weighted by atomic mass is 16.5. The Balaban J connectivity index is 2.93. The second kappa shape index (κ2) is 4.82. The van der Waals surface area contributed by atoms with E-state index in [0.717, 1.165) is 23.3 Å². The lowest BCUT2D eigenvalue weighted by molar-refractivity contribution is 0.410. The minimum atomic E-state index is 0.0157. The molecule has 0 bridgehead atoms. The molecule has 2 nitrogen and oxygen atoms in total. The molecule has 0 saturated heterocycles. The summed E-state index contributed by atoms with van der Waals surface area (Å²) in [6.45, 7) is 5.69.